The van der Waals surface area contributed by atoms with Crippen LogP contribution in [-0.4, -0.2) is 30.6 Å². The second-order valence-corrected chi connectivity index (χ2v) is 4.21. The quantitative estimate of drug-likeness (QED) is 0.617. The minimum Gasteiger partial charge on any atom is -0.317 e. The molecule has 0 bridgehead atoms. The Morgan fingerprint density at radius 2 is 2.00 bits per heavy atom. The smallest absolute Gasteiger partial charge is 0.233 e. The predicted molar refractivity (Wildman–Crippen MR) is 65.0 cm³/mol. The highest BCUT2D eigenvalue weighted by molar-refractivity contribution is 5.45. The van der Waals surface area contributed by atoms with Crippen molar-refractivity contribution in [2.75, 3.05) is 13.1 Å². The molecule has 1 saturated heterocycles. The van der Waals surface area contributed by atoms with Crippen molar-refractivity contribution in [1.29, 1.82) is 0 Å². The summed E-state index contributed by atoms with van der Waals surface area (Å²) in [4.78, 5) is 16.6. The minimum absolute atomic E-state index is 0.206. The van der Waals surface area contributed by atoms with Crippen LogP contribution in [0.1, 0.15) is 18.4 Å². The lowest BCUT2D eigenvalue weighted by molar-refractivity contribution is -0.195. The summed E-state index contributed by atoms with van der Waals surface area (Å²) in [7, 11) is 0. The van der Waals surface area contributed by atoms with Gasteiger partial charge in [-0.2, -0.15) is 0 Å². The van der Waals surface area contributed by atoms with E-state index in [-0.39, 0.29) is 6.04 Å². The van der Waals surface area contributed by atoms with Crippen molar-refractivity contribution in [2.24, 2.45) is 0 Å². The predicted octanol–water partition coefficient (Wildman–Crippen LogP) is 1.33. The summed E-state index contributed by atoms with van der Waals surface area (Å²) in [6, 6.07) is 10.1. The fraction of sp³-hybridized carbons (Fsp3) is 0.462. The Bertz CT molecular complexity index is 337. The number of nitrogens with zero attached hydrogens (tertiary/aromatic N) is 1. The van der Waals surface area contributed by atoms with Crippen molar-refractivity contribution in [3.05, 3.63) is 35.9 Å². The zero-order valence-electron chi connectivity index (χ0n) is 9.84. The van der Waals surface area contributed by atoms with Gasteiger partial charge in [0.2, 0.25) is 6.41 Å². The van der Waals surface area contributed by atoms with E-state index < -0.39 is 0 Å². The van der Waals surface area contributed by atoms with Crippen LogP contribution in [0.2, 0.25) is 0 Å². The molecular formula is C13H18N2O2. The molecule has 92 valence electrons. The number of hydrogen-bond acceptors (Lipinski definition) is 3. The van der Waals surface area contributed by atoms with Gasteiger partial charge in [-0.1, -0.05) is 30.3 Å². The number of hydroxylamine groups is 2. The number of rotatable bonds is 5. The van der Waals surface area contributed by atoms with Crippen LogP contribution in [0, 0.1) is 0 Å². The molecule has 17 heavy (non-hydrogen) atoms. The summed E-state index contributed by atoms with van der Waals surface area (Å²) in [5, 5.41) is 4.74. The average molecular weight is 234 g/mol. The molecule has 0 unspecified atom stereocenters. The number of nitrogens with one attached hydrogen (secondary N) is 1. The van der Waals surface area contributed by atoms with E-state index in [1.165, 1.54) is 5.06 Å². The first-order chi connectivity index (χ1) is 8.40. The fourth-order valence-corrected chi connectivity index (χ4v) is 2.01. The molecule has 4 heteroatoms. The third-order valence-electron chi connectivity index (χ3n) is 3.00. The van der Waals surface area contributed by atoms with Gasteiger partial charge in [0.15, 0.2) is 0 Å². The summed E-state index contributed by atoms with van der Waals surface area (Å²) in [5.74, 6) is 0. The largest absolute Gasteiger partial charge is 0.317 e. The highest BCUT2D eigenvalue weighted by atomic mass is 16.7. The lowest BCUT2D eigenvalue weighted by Gasteiger charge is -2.30. The van der Waals surface area contributed by atoms with E-state index in [9.17, 15) is 4.79 Å². The molecule has 0 aromatic heterocycles. The van der Waals surface area contributed by atoms with Crippen LogP contribution >= 0.6 is 0 Å². The topological polar surface area (TPSA) is 41.6 Å². The van der Waals surface area contributed by atoms with Gasteiger partial charge >= 0.3 is 0 Å². The summed E-state index contributed by atoms with van der Waals surface area (Å²) in [5.41, 5.74) is 1.08. The maximum atomic E-state index is 11.0. The Kier molecular flexibility index (Phi) is 4.53. The highest BCUT2D eigenvalue weighted by Gasteiger charge is 2.20. The molecular weight excluding hydrogens is 216 g/mol. The highest BCUT2D eigenvalue weighted by Crippen LogP contribution is 2.12. The van der Waals surface area contributed by atoms with Gasteiger partial charge in [-0.15, -0.1) is 0 Å². The molecule has 0 spiro atoms. The van der Waals surface area contributed by atoms with Crippen molar-refractivity contribution in [3.8, 4) is 0 Å². The number of carbonyl (C=O) groups excluding carboxylic acids is 1. The molecule has 1 N–H and O–H groups in total. The first-order valence-electron chi connectivity index (χ1n) is 6.01. The van der Waals surface area contributed by atoms with Crippen molar-refractivity contribution in [1.82, 2.24) is 10.4 Å². The molecule has 1 aromatic rings. The number of carbonyl (C=O) groups is 1. The van der Waals surface area contributed by atoms with Gasteiger partial charge in [-0.05, 0) is 31.5 Å². The van der Waals surface area contributed by atoms with Gasteiger partial charge in [0.05, 0.1) is 6.04 Å². The molecule has 0 atom stereocenters. The van der Waals surface area contributed by atoms with Crippen molar-refractivity contribution < 1.29 is 9.63 Å². The molecule has 1 amide bonds. The van der Waals surface area contributed by atoms with Crippen LogP contribution in [0.5, 0.6) is 0 Å². The Labute approximate surface area is 102 Å². The number of hydrogen-bond donors (Lipinski definition) is 1. The lowest BCUT2D eigenvalue weighted by Crippen LogP contribution is -2.42. The maximum absolute atomic E-state index is 11.0. The number of benzene rings is 1. The van der Waals surface area contributed by atoms with Gasteiger partial charge in [0, 0.05) is 0 Å². The Morgan fingerprint density at radius 3 is 2.65 bits per heavy atom. The molecule has 1 heterocycles. The van der Waals surface area contributed by atoms with E-state index in [4.69, 9.17) is 4.84 Å². The van der Waals surface area contributed by atoms with E-state index >= 15 is 0 Å². The zero-order valence-corrected chi connectivity index (χ0v) is 9.84. The molecule has 1 aromatic carbocycles. The minimum atomic E-state index is 0.206. The van der Waals surface area contributed by atoms with Gasteiger partial charge < -0.3 is 5.32 Å². The Hall–Kier alpha value is -1.39. The van der Waals surface area contributed by atoms with E-state index in [0.29, 0.717) is 6.61 Å². The van der Waals surface area contributed by atoms with E-state index in [2.05, 4.69) is 5.32 Å². The maximum Gasteiger partial charge on any atom is 0.233 e. The number of piperidine rings is 1. The van der Waals surface area contributed by atoms with Gasteiger partial charge in [-0.25, -0.2) is 5.06 Å². The summed E-state index contributed by atoms with van der Waals surface area (Å²) in [6.07, 6.45) is 2.69. The molecule has 4 nitrogen and oxygen atoms in total. The molecule has 1 fully saturated rings. The average Bonchev–Trinajstić information content (AvgIpc) is 2.42. The van der Waals surface area contributed by atoms with Crippen molar-refractivity contribution >= 4 is 6.41 Å². The van der Waals surface area contributed by atoms with E-state index in [0.717, 1.165) is 37.9 Å². The van der Waals surface area contributed by atoms with Crippen LogP contribution in [-0.2, 0) is 16.2 Å². The van der Waals surface area contributed by atoms with Crippen LogP contribution < -0.4 is 5.32 Å². The molecule has 0 radical (unpaired) electrons. The third kappa shape index (κ3) is 3.54. The zero-order chi connectivity index (χ0) is 11.9. The summed E-state index contributed by atoms with van der Waals surface area (Å²) in [6.45, 7) is 2.34. The molecule has 1 aliphatic heterocycles. The van der Waals surface area contributed by atoms with Gasteiger partial charge in [0.1, 0.15) is 6.61 Å². The normalized spacial score (nSPS) is 16.7. The van der Waals surface area contributed by atoms with Crippen LogP contribution in [0.4, 0.5) is 0 Å². The molecule has 1 aliphatic rings. The first kappa shape index (κ1) is 12.1. The van der Waals surface area contributed by atoms with Crippen LogP contribution in [0.15, 0.2) is 30.3 Å². The summed E-state index contributed by atoms with van der Waals surface area (Å²) >= 11 is 0. The van der Waals surface area contributed by atoms with Gasteiger partial charge in [-0.3, -0.25) is 9.63 Å². The van der Waals surface area contributed by atoms with Crippen molar-refractivity contribution in [3.63, 3.8) is 0 Å². The second kappa shape index (κ2) is 6.37. The van der Waals surface area contributed by atoms with E-state index in [1.54, 1.807) is 0 Å². The second-order valence-electron chi connectivity index (χ2n) is 4.21. The van der Waals surface area contributed by atoms with Crippen LogP contribution in [0.3, 0.4) is 0 Å². The Morgan fingerprint density at radius 1 is 1.29 bits per heavy atom. The van der Waals surface area contributed by atoms with Crippen LogP contribution in [0.25, 0.3) is 0 Å². The molecule has 0 aliphatic carbocycles. The number of amides is 1. The monoisotopic (exact) mass is 234 g/mol. The third-order valence-corrected chi connectivity index (χ3v) is 3.00. The van der Waals surface area contributed by atoms with Gasteiger partial charge in [0.25, 0.3) is 0 Å². The first-order valence-corrected chi connectivity index (χ1v) is 6.01. The lowest BCUT2D eigenvalue weighted by atomic mass is 10.1. The summed E-state index contributed by atoms with van der Waals surface area (Å²) < 4.78 is 0. The Balaban J connectivity index is 1.85. The standard InChI is InChI=1S/C13H18N2O2/c16-11-15(13-6-8-14-9-7-13)17-10-12-4-2-1-3-5-12/h1-5,11,13-14H,6-10H2. The SMILES string of the molecule is O=CN(OCc1ccccc1)C1CCNCC1. The van der Waals surface area contributed by atoms with Crippen molar-refractivity contribution in [2.45, 2.75) is 25.5 Å². The molecule has 2 rings (SSSR count). The molecule has 0 saturated carbocycles. The van der Waals surface area contributed by atoms with E-state index in [1.807, 2.05) is 30.3 Å². The fourth-order valence-electron chi connectivity index (χ4n) is 2.01.